The van der Waals surface area contributed by atoms with Crippen LogP contribution in [0.5, 0.6) is 0 Å². The number of nitrogens with one attached hydrogen (secondary N) is 1. The van der Waals surface area contributed by atoms with E-state index < -0.39 is 0 Å². The van der Waals surface area contributed by atoms with Gasteiger partial charge in [-0.3, -0.25) is 14.8 Å². The first-order valence-corrected chi connectivity index (χ1v) is 9.79. The molecule has 1 aliphatic heterocycles. The highest BCUT2D eigenvalue weighted by Crippen LogP contribution is 2.24. The molecule has 1 saturated heterocycles. The summed E-state index contributed by atoms with van der Waals surface area (Å²) in [5, 5.41) is 5.07. The Morgan fingerprint density at radius 2 is 2.28 bits per heavy atom. The maximum absolute atomic E-state index is 12.3. The van der Waals surface area contributed by atoms with Crippen molar-refractivity contribution >= 4 is 17.1 Å². The minimum atomic E-state index is -0.0901. The largest absolute Gasteiger partial charge is 0.295 e. The van der Waals surface area contributed by atoms with Crippen LogP contribution in [-0.4, -0.2) is 37.1 Å². The van der Waals surface area contributed by atoms with Gasteiger partial charge in [-0.2, -0.15) is 9.50 Å². The molecule has 3 aromatic rings. The van der Waals surface area contributed by atoms with Crippen molar-refractivity contribution in [1.29, 1.82) is 0 Å². The lowest BCUT2D eigenvalue weighted by molar-refractivity contribution is 0.131. The van der Waals surface area contributed by atoms with E-state index >= 15 is 0 Å². The number of nitrogens with zero attached hydrogens (tertiary/aromatic N) is 4. The molecule has 1 aliphatic rings. The number of hydrogen-bond donors (Lipinski definition) is 1. The number of fused-ring (bicyclic) bond motifs is 1. The summed E-state index contributed by atoms with van der Waals surface area (Å²) in [7, 11) is 0. The lowest BCUT2D eigenvalue weighted by Crippen LogP contribution is -2.39. The average Bonchev–Trinajstić information content (AvgIpc) is 3.23. The molecule has 0 bridgehead atoms. The molecule has 0 saturated carbocycles. The molecule has 0 unspecified atom stereocenters. The summed E-state index contributed by atoms with van der Waals surface area (Å²) in [4.78, 5) is 25.1. The van der Waals surface area contributed by atoms with Gasteiger partial charge in [-0.05, 0) is 50.6 Å². The highest BCUT2D eigenvalue weighted by Gasteiger charge is 2.23. The molecule has 4 heterocycles. The number of thiophene rings is 1. The van der Waals surface area contributed by atoms with Crippen molar-refractivity contribution < 1.29 is 0 Å². The normalized spacial score (nSPS) is 18.8. The fourth-order valence-corrected chi connectivity index (χ4v) is 4.41. The number of rotatable bonds is 5. The first kappa shape index (κ1) is 16.5. The Morgan fingerprint density at radius 1 is 1.36 bits per heavy atom. The quantitative estimate of drug-likeness (QED) is 0.762. The van der Waals surface area contributed by atoms with Gasteiger partial charge in [0.2, 0.25) is 0 Å². The summed E-state index contributed by atoms with van der Waals surface area (Å²) in [6, 6.07) is 6.54. The zero-order valence-electron chi connectivity index (χ0n) is 14.4. The van der Waals surface area contributed by atoms with Crippen molar-refractivity contribution in [2.75, 3.05) is 6.54 Å². The van der Waals surface area contributed by atoms with Gasteiger partial charge in [0.05, 0.1) is 5.69 Å². The van der Waals surface area contributed by atoms with E-state index in [0.717, 1.165) is 25.2 Å². The van der Waals surface area contributed by atoms with Gasteiger partial charge in [0.25, 0.3) is 11.3 Å². The molecule has 6 nitrogen and oxygen atoms in total. The van der Waals surface area contributed by atoms with Crippen LogP contribution in [0, 0.1) is 6.92 Å². The molecular weight excluding hydrogens is 334 g/mol. The Morgan fingerprint density at radius 3 is 3.12 bits per heavy atom. The van der Waals surface area contributed by atoms with Crippen molar-refractivity contribution in [3.8, 4) is 0 Å². The molecule has 132 valence electrons. The number of hydrogen-bond acceptors (Lipinski definition) is 5. The van der Waals surface area contributed by atoms with E-state index in [1.54, 1.807) is 6.07 Å². The zero-order chi connectivity index (χ0) is 17.2. The minimum Gasteiger partial charge on any atom is -0.295 e. The van der Waals surface area contributed by atoms with E-state index in [1.807, 2.05) is 18.3 Å². The van der Waals surface area contributed by atoms with Crippen molar-refractivity contribution in [2.24, 2.45) is 0 Å². The third kappa shape index (κ3) is 3.67. The van der Waals surface area contributed by atoms with E-state index in [1.165, 1.54) is 35.1 Å². The van der Waals surface area contributed by atoms with Crippen molar-refractivity contribution in [3.63, 3.8) is 0 Å². The van der Waals surface area contributed by atoms with Gasteiger partial charge in [-0.1, -0.05) is 12.5 Å². The van der Waals surface area contributed by atoms with Crippen molar-refractivity contribution in [3.05, 3.63) is 50.3 Å². The number of H-pyrrole nitrogens is 1. The predicted octanol–water partition coefficient (Wildman–Crippen LogP) is 2.77. The first-order valence-electron chi connectivity index (χ1n) is 8.91. The minimum absolute atomic E-state index is 0.0901. The number of aromatic amines is 1. The van der Waals surface area contributed by atoms with Gasteiger partial charge in [0.15, 0.2) is 0 Å². The van der Waals surface area contributed by atoms with Gasteiger partial charge in [0, 0.05) is 23.5 Å². The van der Waals surface area contributed by atoms with Crippen LogP contribution in [0.2, 0.25) is 0 Å². The second-order valence-corrected chi connectivity index (χ2v) is 7.80. The van der Waals surface area contributed by atoms with E-state index in [2.05, 4.69) is 37.5 Å². The summed E-state index contributed by atoms with van der Waals surface area (Å²) in [6.07, 6.45) is 6.04. The van der Waals surface area contributed by atoms with Crippen LogP contribution in [-0.2, 0) is 13.0 Å². The van der Waals surface area contributed by atoms with Gasteiger partial charge in [-0.15, -0.1) is 11.3 Å². The van der Waals surface area contributed by atoms with E-state index in [9.17, 15) is 4.79 Å². The van der Waals surface area contributed by atoms with Gasteiger partial charge < -0.3 is 0 Å². The first-order chi connectivity index (χ1) is 12.2. The summed E-state index contributed by atoms with van der Waals surface area (Å²) in [5.74, 6) is 1.17. The molecular formula is C18H23N5OS. The van der Waals surface area contributed by atoms with E-state index in [-0.39, 0.29) is 5.56 Å². The number of aromatic nitrogens is 4. The molecule has 7 heteroatoms. The molecule has 1 fully saturated rings. The molecule has 25 heavy (non-hydrogen) atoms. The fraction of sp³-hybridized carbons (Fsp3) is 0.500. The second kappa shape index (κ2) is 7.09. The molecule has 3 aromatic heterocycles. The SMILES string of the molecule is Cc1nc2nc(CN3CCCC[C@@H]3CCc3cccs3)cc(=O)n2[nH]1. The lowest BCUT2D eigenvalue weighted by atomic mass is 9.97. The van der Waals surface area contributed by atoms with Crippen LogP contribution < -0.4 is 5.56 Å². The van der Waals surface area contributed by atoms with Crippen LogP contribution in [0.4, 0.5) is 0 Å². The molecule has 0 spiro atoms. The van der Waals surface area contributed by atoms with Crippen LogP contribution in [0.15, 0.2) is 28.4 Å². The number of piperidine rings is 1. The Kier molecular flexibility index (Phi) is 4.67. The average molecular weight is 357 g/mol. The molecule has 4 rings (SSSR count). The maximum Gasteiger partial charge on any atom is 0.274 e. The van der Waals surface area contributed by atoms with Gasteiger partial charge in [0.1, 0.15) is 5.82 Å². The molecule has 1 N–H and O–H groups in total. The summed E-state index contributed by atoms with van der Waals surface area (Å²) in [5.41, 5.74) is 0.729. The van der Waals surface area contributed by atoms with Crippen molar-refractivity contribution in [1.82, 2.24) is 24.5 Å². The van der Waals surface area contributed by atoms with Gasteiger partial charge in [-0.25, -0.2) is 4.98 Å². The van der Waals surface area contributed by atoms with E-state index in [0.29, 0.717) is 17.6 Å². The Balaban J connectivity index is 1.50. The number of likely N-dealkylation sites (tertiary alicyclic amines) is 1. The Bertz CT molecular complexity index is 898. The lowest BCUT2D eigenvalue weighted by Gasteiger charge is -2.35. The van der Waals surface area contributed by atoms with Crippen molar-refractivity contribution in [2.45, 2.75) is 51.6 Å². The predicted molar refractivity (Wildman–Crippen MR) is 99.0 cm³/mol. The highest BCUT2D eigenvalue weighted by atomic mass is 32.1. The second-order valence-electron chi connectivity index (χ2n) is 6.77. The highest BCUT2D eigenvalue weighted by molar-refractivity contribution is 7.09. The van der Waals surface area contributed by atoms with Gasteiger partial charge >= 0.3 is 0 Å². The third-order valence-corrected chi connectivity index (χ3v) is 5.85. The van der Waals surface area contributed by atoms with E-state index in [4.69, 9.17) is 0 Å². The van der Waals surface area contributed by atoms with Crippen LogP contribution in [0.25, 0.3) is 5.78 Å². The topological polar surface area (TPSA) is 66.3 Å². The molecule has 0 radical (unpaired) electrons. The number of aryl methyl sites for hydroxylation is 2. The maximum atomic E-state index is 12.3. The van der Waals surface area contributed by atoms with Crippen LogP contribution in [0.3, 0.4) is 0 Å². The Labute approximate surface area is 150 Å². The molecule has 0 aromatic carbocycles. The molecule has 0 aliphatic carbocycles. The van der Waals surface area contributed by atoms with Crippen LogP contribution in [0.1, 0.15) is 42.1 Å². The fourth-order valence-electron chi connectivity index (χ4n) is 3.68. The standard InChI is InChI=1S/C18H23N5OS/c1-13-19-18-20-14(11-17(24)23(18)21-13)12-22-9-3-2-5-15(22)7-8-16-6-4-10-25-16/h4,6,10-11,15H,2-3,5,7-9,12H2,1H3,(H,19,20,21)/t15-/m1/s1. The monoisotopic (exact) mass is 357 g/mol. The third-order valence-electron chi connectivity index (χ3n) is 4.91. The zero-order valence-corrected chi connectivity index (χ0v) is 15.3. The Hall–Kier alpha value is -1.99. The smallest absolute Gasteiger partial charge is 0.274 e. The summed E-state index contributed by atoms with van der Waals surface area (Å²) < 4.78 is 1.41. The summed E-state index contributed by atoms with van der Waals surface area (Å²) >= 11 is 1.84. The molecule has 0 amide bonds. The molecule has 1 atom stereocenters. The van der Waals surface area contributed by atoms with Crippen LogP contribution >= 0.6 is 11.3 Å². The summed E-state index contributed by atoms with van der Waals surface area (Å²) in [6.45, 7) is 3.64.